The van der Waals surface area contributed by atoms with E-state index in [1.54, 1.807) is 24.3 Å². The van der Waals surface area contributed by atoms with Gasteiger partial charge in [0.25, 0.3) is 5.91 Å². The van der Waals surface area contributed by atoms with Crippen molar-refractivity contribution in [2.45, 2.75) is 52.9 Å². The van der Waals surface area contributed by atoms with Gasteiger partial charge in [0.2, 0.25) is 5.76 Å². The number of methoxy groups -OCH3 is 1. The van der Waals surface area contributed by atoms with Crippen LogP contribution in [0, 0.1) is 13.8 Å². The number of hydrogen-bond acceptors (Lipinski definition) is 6. The molecule has 1 amide bonds. The number of hydrogen-bond donors (Lipinski definition) is 1. The second-order valence-corrected chi connectivity index (χ2v) is 8.99. The fourth-order valence-corrected chi connectivity index (χ4v) is 4.34. The van der Waals surface area contributed by atoms with Gasteiger partial charge in [-0.3, -0.25) is 4.79 Å². The van der Waals surface area contributed by atoms with Crippen LogP contribution in [0.5, 0.6) is 11.5 Å². The summed E-state index contributed by atoms with van der Waals surface area (Å²) in [7, 11) is 1.52. The van der Waals surface area contributed by atoms with E-state index in [4.69, 9.17) is 13.9 Å². The summed E-state index contributed by atoms with van der Waals surface area (Å²) >= 11 is 0. The number of ether oxygens (including phenoxy) is 2. The zero-order chi connectivity index (χ0) is 25.1. The van der Waals surface area contributed by atoms with Gasteiger partial charge in [0, 0.05) is 17.5 Å². The molecule has 0 saturated heterocycles. The van der Waals surface area contributed by atoms with Crippen LogP contribution in [0.2, 0.25) is 0 Å². The first-order chi connectivity index (χ1) is 16.8. The lowest BCUT2D eigenvalue weighted by molar-refractivity contribution is 0.0696. The third-order valence-electron chi connectivity index (χ3n) is 6.15. The van der Waals surface area contributed by atoms with Gasteiger partial charge in [-0.2, -0.15) is 5.10 Å². The molecule has 7 heteroatoms. The summed E-state index contributed by atoms with van der Waals surface area (Å²) in [6.45, 7) is 7.89. The number of rotatable bonds is 6. The number of para-hydroxylation sites is 1. The fraction of sp³-hybridized carbons (Fsp3) is 0.321. The number of benzene rings is 2. The molecular formula is C28H30N2O5. The lowest BCUT2D eigenvalue weighted by atomic mass is 9.93. The van der Waals surface area contributed by atoms with E-state index in [1.807, 2.05) is 32.0 Å². The van der Waals surface area contributed by atoms with Crippen LogP contribution < -0.4 is 14.9 Å². The molecule has 0 radical (unpaired) electrons. The van der Waals surface area contributed by atoms with Gasteiger partial charge in [-0.1, -0.05) is 38.1 Å². The molecule has 2 aromatic carbocycles. The van der Waals surface area contributed by atoms with Gasteiger partial charge in [-0.25, -0.2) is 10.2 Å². The van der Waals surface area contributed by atoms with Gasteiger partial charge >= 0.3 is 5.97 Å². The standard InChI is InChI=1S/C28H30N2O5/c1-16(2)19-14-13-17(3)15-24(19)35-28(32)26-18(4)25-21(10-8-12-23(25)34-26)29-30-27(31)20-9-6-7-11-22(20)33-5/h6-7,9,11,13-16H,8,10,12H2,1-5H3,(H,30,31)/b29-21+. The van der Waals surface area contributed by atoms with Crippen LogP contribution in [0.25, 0.3) is 0 Å². The zero-order valence-corrected chi connectivity index (χ0v) is 20.7. The highest BCUT2D eigenvalue weighted by molar-refractivity contribution is 6.07. The molecule has 0 saturated carbocycles. The highest BCUT2D eigenvalue weighted by Gasteiger charge is 2.29. The highest BCUT2D eigenvalue weighted by Crippen LogP contribution is 2.32. The van der Waals surface area contributed by atoms with Crippen LogP contribution in [-0.2, 0) is 6.42 Å². The molecule has 1 N–H and O–H groups in total. The van der Waals surface area contributed by atoms with Gasteiger partial charge in [-0.05, 0) is 61.9 Å². The third kappa shape index (κ3) is 4.99. The summed E-state index contributed by atoms with van der Waals surface area (Å²) in [5.41, 5.74) is 7.08. The van der Waals surface area contributed by atoms with Crippen LogP contribution in [-0.4, -0.2) is 24.7 Å². The van der Waals surface area contributed by atoms with E-state index in [-0.39, 0.29) is 17.6 Å². The van der Waals surface area contributed by atoms with Crippen molar-refractivity contribution in [3.05, 3.63) is 81.8 Å². The Morgan fingerprint density at radius 2 is 1.83 bits per heavy atom. The van der Waals surface area contributed by atoms with Crippen LogP contribution in [0.1, 0.15) is 81.5 Å². The minimum Gasteiger partial charge on any atom is -0.496 e. The minimum absolute atomic E-state index is 0.164. The highest BCUT2D eigenvalue weighted by atomic mass is 16.5. The molecule has 35 heavy (non-hydrogen) atoms. The number of carbonyl (C=O) groups excluding carboxylic acids is 2. The molecule has 182 valence electrons. The number of aryl methyl sites for hydroxylation is 2. The number of furan rings is 1. The number of esters is 1. The number of nitrogens with zero attached hydrogens (tertiary/aromatic N) is 1. The Morgan fingerprint density at radius 1 is 1.06 bits per heavy atom. The Kier molecular flexibility index (Phi) is 7.05. The van der Waals surface area contributed by atoms with E-state index in [9.17, 15) is 9.59 Å². The van der Waals surface area contributed by atoms with Crippen LogP contribution in [0.4, 0.5) is 0 Å². The normalized spacial score (nSPS) is 14.1. The van der Waals surface area contributed by atoms with Crippen molar-refractivity contribution in [3.8, 4) is 11.5 Å². The lowest BCUT2D eigenvalue weighted by Gasteiger charge is -2.14. The molecule has 1 aromatic heterocycles. The van der Waals surface area contributed by atoms with E-state index < -0.39 is 5.97 Å². The molecule has 0 aliphatic heterocycles. The topological polar surface area (TPSA) is 90.1 Å². The molecule has 0 unspecified atom stereocenters. The van der Waals surface area contributed by atoms with E-state index in [2.05, 4.69) is 24.4 Å². The molecule has 4 rings (SSSR count). The average molecular weight is 475 g/mol. The van der Waals surface area contributed by atoms with Gasteiger partial charge in [0.15, 0.2) is 0 Å². The Morgan fingerprint density at radius 3 is 2.57 bits per heavy atom. The number of hydrazone groups is 1. The largest absolute Gasteiger partial charge is 0.496 e. The predicted octanol–water partition coefficient (Wildman–Crippen LogP) is 5.72. The number of carbonyl (C=O) groups is 2. The number of fused-ring (bicyclic) bond motifs is 1. The van der Waals surface area contributed by atoms with E-state index >= 15 is 0 Å². The summed E-state index contributed by atoms with van der Waals surface area (Å²) in [5.74, 6) is 1.14. The van der Waals surface area contributed by atoms with Crippen molar-refractivity contribution in [1.29, 1.82) is 0 Å². The first-order valence-corrected chi connectivity index (χ1v) is 11.8. The lowest BCUT2D eigenvalue weighted by Crippen LogP contribution is -2.22. The van der Waals surface area contributed by atoms with Gasteiger partial charge in [0.05, 0.1) is 18.4 Å². The average Bonchev–Trinajstić information content (AvgIpc) is 3.19. The molecule has 0 spiro atoms. The first-order valence-electron chi connectivity index (χ1n) is 11.8. The SMILES string of the molecule is COc1ccccc1C(=O)N/N=C1\CCCc2oc(C(=O)Oc3cc(C)ccc3C(C)C)c(C)c21. The summed E-state index contributed by atoms with van der Waals surface area (Å²) in [6.07, 6.45) is 2.14. The predicted molar refractivity (Wildman–Crippen MR) is 134 cm³/mol. The summed E-state index contributed by atoms with van der Waals surface area (Å²) in [6, 6.07) is 12.8. The van der Waals surface area contributed by atoms with Crippen LogP contribution >= 0.6 is 0 Å². The zero-order valence-electron chi connectivity index (χ0n) is 20.7. The summed E-state index contributed by atoms with van der Waals surface area (Å²) in [5, 5.41) is 4.39. The van der Waals surface area contributed by atoms with Gasteiger partial charge in [-0.15, -0.1) is 0 Å². The van der Waals surface area contributed by atoms with E-state index in [0.29, 0.717) is 46.9 Å². The second kappa shape index (κ2) is 10.2. The molecule has 0 fully saturated rings. The van der Waals surface area contributed by atoms with Gasteiger partial charge < -0.3 is 13.9 Å². The van der Waals surface area contributed by atoms with Crippen molar-refractivity contribution in [2.75, 3.05) is 7.11 Å². The summed E-state index contributed by atoms with van der Waals surface area (Å²) < 4.78 is 17.0. The maximum Gasteiger partial charge on any atom is 0.379 e. The van der Waals surface area contributed by atoms with Crippen molar-refractivity contribution < 1.29 is 23.5 Å². The van der Waals surface area contributed by atoms with Crippen LogP contribution in [0.15, 0.2) is 52.0 Å². The first kappa shape index (κ1) is 24.3. The molecule has 1 aliphatic carbocycles. The molecule has 1 aliphatic rings. The number of nitrogens with one attached hydrogen (secondary N) is 1. The Labute approximate surface area is 205 Å². The van der Waals surface area contributed by atoms with E-state index in [1.165, 1.54) is 7.11 Å². The maximum atomic E-state index is 13.1. The summed E-state index contributed by atoms with van der Waals surface area (Å²) in [4.78, 5) is 25.8. The molecule has 0 bridgehead atoms. The smallest absolute Gasteiger partial charge is 0.379 e. The van der Waals surface area contributed by atoms with Gasteiger partial charge in [0.1, 0.15) is 17.3 Å². The third-order valence-corrected chi connectivity index (χ3v) is 6.15. The molecule has 1 heterocycles. The minimum atomic E-state index is -0.540. The monoisotopic (exact) mass is 474 g/mol. The fourth-order valence-electron chi connectivity index (χ4n) is 4.34. The molecule has 3 aromatic rings. The second-order valence-electron chi connectivity index (χ2n) is 8.99. The number of amides is 1. The molecule has 0 atom stereocenters. The Hall–Kier alpha value is -3.87. The Balaban J connectivity index is 1.60. The van der Waals surface area contributed by atoms with Crippen molar-refractivity contribution in [3.63, 3.8) is 0 Å². The quantitative estimate of drug-likeness (QED) is 0.280. The molecule has 7 nitrogen and oxygen atoms in total. The van der Waals surface area contributed by atoms with Crippen LogP contribution in [0.3, 0.4) is 0 Å². The maximum absolute atomic E-state index is 13.1. The van der Waals surface area contributed by atoms with Crippen molar-refractivity contribution in [1.82, 2.24) is 5.43 Å². The van der Waals surface area contributed by atoms with Crippen molar-refractivity contribution in [2.24, 2.45) is 5.10 Å². The van der Waals surface area contributed by atoms with E-state index in [0.717, 1.165) is 23.1 Å². The molecular weight excluding hydrogens is 444 g/mol. The Bertz CT molecular complexity index is 1300. The van der Waals surface area contributed by atoms with Crippen molar-refractivity contribution >= 4 is 17.6 Å².